The van der Waals surface area contributed by atoms with E-state index in [0.717, 1.165) is 22.3 Å². The molecule has 0 aliphatic rings. The molecule has 2 heterocycles. The van der Waals surface area contributed by atoms with E-state index in [1.807, 2.05) is 24.4 Å². The molecule has 0 saturated carbocycles. The van der Waals surface area contributed by atoms with E-state index >= 15 is 0 Å². The van der Waals surface area contributed by atoms with Crippen molar-refractivity contribution in [3.63, 3.8) is 0 Å². The molecule has 0 amide bonds. The van der Waals surface area contributed by atoms with Crippen LogP contribution in [0.15, 0.2) is 23.7 Å². The van der Waals surface area contributed by atoms with Crippen molar-refractivity contribution in [2.75, 3.05) is 12.4 Å². The predicted octanol–water partition coefficient (Wildman–Crippen LogP) is 2.47. The molecule has 1 N–H and O–H groups in total. The van der Waals surface area contributed by atoms with Crippen LogP contribution < -0.4 is 10.1 Å². The van der Waals surface area contributed by atoms with Gasteiger partial charge in [0, 0.05) is 23.3 Å². The number of rotatable bonds is 4. The predicted molar refractivity (Wildman–Crippen MR) is 65.0 cm³/mol. The summed E-state index contributed by atoms with van der Waals surface area (Å²) in [5.74, 6) is 1.60. The van der Waals surface area contributed by atoms with Gasteiger partial charge in [-0.05, 0) is 13.0 Å². The second kappa shape index (κ2) is 4.94. The second-order valence-corrected chi connectivity index (χ2v) is 4.26. The zero-order valence-corrected chi connectivity index (χ0v) is 10.0. The number of nitrogens with zero attached hydrogens (tertiary/aromatic N) is 2. The van der Waals surface area contributed by atoms with E-state index in [2.05, 4.69) is 15.3 Å². The molecule has 0 bridgehead atoms. The summed E-state index contributed by atoms with van der Waals surface area (Å²) in [5.41, 5.74) is 1.06. The van der Waals surface area contributed by atoms with E-state index in [1.165, 1.54) is 0 Å². The van der Waals surface area contributed by atoms with E-state index < -0.39 is 0 Å². The Bertz CT molecular complexity index is 470. The fraction of sp³-hybridized carbons (Fsp3) is 0.273. The van der Waals surface area contributed by atoms with E-state index in [1.54, 1.807) is 24.6 Å². The van der Waals surface area contributed by atoms with Gasteiger partial charge in [0.2, 0.25) is 0 Å². The van der Waals surface area contributed by atoms with Crippen LogP contribution in [0.25, 0.3) is 0 Å². The van der Waals surface area contributed by atoms with E-state index in [9.17, 15) is 0 Å². The maximum absolute atomic E-state index is 5.12. The smallest absolute Gasteiger partial charge is 0.129 e. The molecule has 0 aliphatic heterocycles. The van der Waals surface area contributed by atoms with Crippen LogP contribution in [-0.2, 0) is 6.54 Å². The van der Waals surface area contributed by atoms with Crippen LogP contribution >= 0.6 is 11.3 Å². The minimum absolute atomic E-state index is 0.693. The lowest BCUT2D eigenvalue weighted by atomic mass is 10.4. The summed E-state index contributed by atoms with van der Waals surface area (Å²) in [6, 6.07) is 3.68. The lowest BCUT2D eigenvalue weighted by molar-refractivity contribution is 0.414. The topological polar surface area (TPSA) is 47.0 Å². The van der Waals surface area contributed by atoms with Gasteiger partial charge in [-0.15, -0.1) is 11.3 Å². The number of aromatic nitrogens is 2. The second-order valence-electron chi connectivity index (χ2n) is 3.32. The van der Waals surface area contributed by atoms with Crippen molar-refractivity contribution in [2.24, 2.45) is 0 Å². The van der Waals surface area contributed by atoms with Gasteiger partial charge < -0.3 is 10.1 Å². The highest BCUT2D eigenvalue weighted by Gasteiger charge is 2.00. The summed E-state index contributed by atoms with van der Waals surface area (Å²) in [6.07, 6.45) is 1.72. The van der Waals surface area contributed by atoms with Crippen molar-refractivity contribution < 1.29 is 4.74 Å². The Morgan fingerprint density at radius 1 is 1.50 bits per heavy atom. The normalized spacial score (nSPS) is 10.1. The molecule has 0 aromatic carbocycles. The molecule has 0 spiro atoms. The molecule has 0 radical (unpaired) electrons. The number of methoxy groups -OCH3 is 1. The molecule has 16 heavy (non-hydrogen) atoms. The van der Waals surface area contributed by atoms with Crippen LogP contribution in [0.3, 0.4) is 0 Å². The number of ether oxygens (including phenoxy) is 1. The van der Waals surface area contributed by atoms with Crippen LogP contribution in [-0.4, -0.2) is 17.1 Å². The van der Waals surface area contributed by atoms with Gasteiger partial charge in [0.1, 0.15) is 16.6 Å². The SMILES string of the molecule is COc1ccnc(NCc2nc(C)cs2)c1. The number of thiazole rings is 1. The van der Waals surface area contributed by atoms with Gasteiger partial charge in [-0.1, -0.05) is 0 Å². The first kappa shape index (κ1) is 10.9. The van der Waals surface area contributed by atoms with Crippen molar-refractivity contribution in [1.29, 1.82) is 0 Å². The van der Waals surface area contributed by atoms with Crippen molar-refractivity contribution in [3.05, 3.63) is 34.4 Å². The highest BCUT2D eigenvalue weighted by atomic mass is 32.1. The minimum atomic E-state index is 0.693. The lowest BCUT2D eigenvalue weighted by Gasteiger charge is -2.04. The van der Waals surface area contributed by atoms with Crippen LogP contribution in [0, 0.1) is 6.92 Å². The molecule has 0 saturated heterocycles. The Labute approximate surface area is 98.3 Å². The molecular weight excluding hydrogens is 222 g/mol. The first-order chi connectivity index (χ1) is 7.78. The van der Waals surface area contributed by atoms with Gasteiger partial charge in [0.15, 0.2) is 0 Å². The average Bonchev–Trinajstić information content (AvgIpc) is 2.73. The molecule has 84 valence electrons. The molecule has 0 aliphatic carbocycles. The van der Waals surface area contributed by atoms with Crippen LogP contribution in [0.5, 0.6) is 5.75 Å². The number of hydrogen-bond acceptors (Lipinski definition) is 5. The first-order valence-electron chi connectivity index (χ1n) is 4.93. The van der Waals surface area contributed by atoms with Crippen molar-refractivity contribution in [1.82, 2.24) is 9.97 Å². The number of pyridine rings is 1. The molecule has 4 nitrogen and oxygen atoms in total. The molecule has 0 atom stereocenters. The quantitative estimate of drug-likeness (QED) is 0.884. The number of anilines is 1. The van der Waals surface area contributed by atoms with E-state index in [-0.39, 0.29) is 0 Å². The summed E-state index contributed by atoms with van der Waals surface area (Å²) >= 11 is 1.65. The Balaban J connectivity index is 1.99. The van der Waals surface area contributed by atoms with Crippen molar-refractivity contribution in [3.8, 4) is 5.75 Å². The molecule has 2 aromatic rings. The largest absolute Gasteiger partial charge is 0.497 e. The fourth-order valence-corrected chi connectivity index (χ4v) is 2.00. The number of nitrogens with one attached hydrogen (secondary N) is 1. The van der Waals surface area contributed by atoms with Gasteiger partial charge in [0.05, 0.1) is 13.7 Å². The van der Waals surface area contributed by atoms with E-state index in [0.29, 0.717) is 6.54 Å². The maximum Gasteiger partial charge on any atom is 0.129 e. The highest BCUT2D eigenvalue weighted by Crippen LogP contribution is 2.15. The highest BCUT2D eigenvalue weighted by molar-refractivity contribution is 7.09. The minimum Gasteiger partial charge on any atom is -0.497 e. The molecule has 0 fully saturated rings. The Hall–Kier alpha value is -1.62. The Kier molecular flexibility index (Phi) is 3.36. The summed E-state index contributed by atoms with van der Waals surface area (Å²) < 4.78 is 5.12. The van der Waals surface area contributed by atoms with Gasteiger partial charge in [-0.3, -0.25) is 0 Å². The third-order valence-electron chi connectivity index (χ3n) is 2.05. The monoisotopic (exact) mass is 235 g/mol. The number of hydrogen-bond donors (Lipinski definition) is 1. The maximum atomic E-state index is 5.12. The molecule has 2 rings (SSSR count). The van der Waals surface area contributed by atoms with Crippen LogP contribution in [0.4, 0.5) is 5.82 Å². The fourth-order valence-electron chi connectivity index (χ4n) is 1.28. The van der Waals surface area contributed by atoms with Crippen molar-refractivity contribution >= 4 is 17.2 Å². The molecule has 0 unspecified atom stereocenters. The standard InChI is InChI=1S/C11H13N3OS/c1-8-7-16-11(14-8)6-13-10-5-9(15-2)3-4-12-10/h3-5,7H,6H2,1-2H3,(H,12,13). The molecule has 2 aromatic heterocycles. The number of aryl methyl sites for hydroxylation is 1. The van der Waals surface area contributed by atoms with Gasteiger partial charge >= 0.3 is 0 Å². The average molecular weight is 235 g/mol. The summed E-state index contributed by atoms with van der Waals surface area (Å²) in [6.45, 7) is 2.68. The van der Waals surface area contributed by atoms with Gasteiger partial charge in [-0.2, -0.15) is 0 Å². The summed E-state index contributed by atoms with van der Waals surface area (Å²) in [5, 5.41) is 6.30. The zero-order valence-electron chi connectivity index (χ0n) is 9.23. The third-order valence-corrected chi connectivity index (χ3v) is 3.02. The summed E-state index contributed by atoms with van der Waals surface area (Å²) in [4.78, 5) is 8.56. The van der Waals surface area contributed by atoms with Crippen LogP contribution in [0.2, 0.25) is 0 Å². The Morgan fingerprint density at radius 3 is 3.06 bits per heavy atom. The summed E-state index contributed by atoms with van der Waals surface area (Å²) in [7, 11) is 1.64. The van der Waals surface area contributed by atoms with Gasteiger partial charge in [-0.25, -0.2) is 9.97 Å². The lowest BCUT2D eigenvalue weighted by Crippen LogP contribution is -2.01. The van der Waals surface area contributed by atoms with Gasteiger partial charge in [0.25, 0.3) is 0 Å². The third kappa shape index (κ3) is 2.70. The van der Waals surface area contributed by atoms with Crippen molar-refractivity contribution in [2.45, 2.75) is 13.5 Å². The van der Waals surface area contributed by atoms with Crippen LogP contribution in [0.1, 0.15) is 10.7 Å². The zero-order chi connectivity index (χ0) is 11.4. The molecular formula is C11H13N3OS. The first-order valence-corrected chi connectivity index (χ1v) is 5.81. The molecule has 5 heteroatoms. The van der Waals surface area contributed by atoms with E-state index in [4.69, 9.17) is 4.74 Å². The Morgan fingerprint density at radius 2 is 2.38 bits per heavy atom.